The number of fused-ring (bicyclic) bond motifs is 14. The lowest BCUT2D eigenvalue weighted by Crippen LogP contribution is -1.96. The molecule has 6 aromatic heterocycles. The molecule has 2 aliphatic rings. The predicted molar refractivity (Wildman–Crippen MR) is 404 cm³/mol. The molecule has 22 rings (SSSR count). The molecule has 6 heteroatoms. The minimum absolute atomic E-state index is 1.14. The number of aromatic nitrogens is 6. The van der Waals surface area contributed by atoms with Crippen LogP contribution in [0.2, 0.25) is 0 Å². The van der Waals surface area contributed by atoms with Crippen molar-refractivity contribution in [2.24, 2.45) is 14.1 Å². The zero-order chi connectivity index (χ0) is 63.0. The molecule has 6 heterocycles. The van der Waals surface area contributed by atoms with Crippen molar-refractivity contribution in [3.05, 3.63) is 314 Å². The van der Waals surface area contributed by atoms with E-state index in [1.54, 1.807) is 0 Å². The lowest BCUT2D eigenvalue weighted by atomic mass is 10.0. The Morgan fingerprint density at radius 1 is 0.219 bits per heavy atom. The first kappa shape index (κ1) is 53.4. The summed E-state index contributed by atoms with van der Waals surface area (Å²) in [4.78, 5) is 0. The van der Waals surface area contributed by atoms with E-state index in [0.29, 0.717) is 0 Å². The third kappa shape index (κ3) is 7.69. The zero-order valence-corrected chi connectivity index (χ0v) is 53.2. The molecule has 0 saturated carbocycles. The van der Waals surface area contributed by atoms with Crippen LogP contribution in [0.15, 0.2) is 291 Å². The van der Waals surface area contributed by atoms with Gasteiger partial charge in [0, 0.05) is 114 Å². The van der Waals surface area contributed by atoms with Crippen LogP contribution in [0.25, 0.3) is 176 Å². The second-order valence-corrected chi connectivity index (χ2v) is 26.8. The third-order valence-electron chi connectivity index (χ3n) is 21.8. The monoisotopic (exact) mass is 1230 g/mol. The molecule has 0 radical (unpaired) electrons. The van der Waals surface area contributed by atoms with Gasteiger partial charge in [0.15, 0.2) is 0 Å². The average molecular weight is 1230 g/mol. The van der Waals surface area contributed by atoms with Gasteiger partial charge in [0.1, 0.15) is 0 Å². The molecule has 0 aliphatic heterocycles. The standard InChI is InChI=1S/C48H32N2.C42H30N4/c1-3-13-41-35(9-1)39-27-33(21-25-45(39)49(41)43-23-19-31-17-15-29-7-5-11-37(43)47(29)31)34-22-26-46-40(28-34)36-10-2-4-14-42(36)50(46)44-24-20-32-18-16-30-8-6-12-38(44)48(30)32;1-43-21-19-29-23-31(13-17-37(29)43)45-39-9-5-3-7-33(39)35-25-27(11-15-41(35)45)28-12-16-42-36(26-28)34-8-4-6-10-40(34)46(42)32-14-18-38-30(24-32)20-22-44(38)2/h1-14,19-28H,15-18H2;3-26H,1-2H3. The van der Waals surface area contributed by atoms with Crippen molar-refractivity contribution in [2.75, 3.05) is 0 Å². The maximum absolute atomic E-state index is 2.49. The van der Waals surface area contributed by atoms with E-state index >= 15 is 0 Å². The third-order valence-corrected chi connectivity index (χ3v) is 21.8. The Labute approximate surface area is 553 Å². The zero-order valence-electron chi connectivity index (χ0n) is 53.2. The van der Waals surface area contributed by atoms with Crippen LogP contribution in [0.4, 0.5) is 0 Å². The van der Waals surface area contributed by atoms with Crippen LogP contribution >= 0.6 is 0 Å². The van der Waals surface area contributed by atoms with Crippen molar-refractivity contribution in [1.29, 1.82) is 0 Å². The second-order valence-electron chi connectivity index (χ2n) is 26.8. The van der Waals surface area contributed by atoms with Crippen molar-refractivity contribution >= 4 is 131 Å². The summed E-state index contributed by atoms with van der Waals surface area (Å²) in [6.45, 7) is 0. The molecule has 0 amide bonds. The molecule has 0 saturated heterocycles. The van der Waals surface area contributed by atoms with E-state index in [-0.39, 0.29) is 0 Å². The summed E-state index contributed by atoms with van der Waals surface area (Å²) in [5, 5.41) is 18.3. The average Bonchev–Trinajstić information content (AvgIpc) is 1.57. The van der Waals surface area contributed by atoms with Gasteiger partial charge in [-0.05, 0) is 214 Å². The van der Waals surface area contributed by atoms with Gasteiger partial charge in [-0.15, -0.1) is 0 Å². The Kier molecular flexibility index (Phi) is 11.2. The molecule has 0 N–H and O–H groups in total. The summed E-state index contributed by atoms with van der Waals surface area (Å²) in [7, 11) is 4.20. The fourth-order valence-electron chi connectivity index (χ4n) is 17.4. The Bertz CT molecular complexity index is 6320. The summed E-state index contributed by atoms with van der Waals surface area (Å²) >= 11 is 0. The van der Waals surface area contributed by atoms with E-state index in [0.717, 1.165) is 25.7 Å². The van der Waals surface area contributed by atoms with E-state index < -0.39 is 0 Å². The van der Waals surface area contributed by atoms with Gasteiger partial charge in [-0.3, -0.25) is 0 Å². The van der Waals surface area contributed by atoms with Gasteiger partial charge in [-0.25, -0.2) is 0 Å². The first-order valence-electron chi connectivity index (χ1n) is 33.7. The maximum Gasteiger partial charge on any atom is 0.0541 e. The number of rotatable bonds is 6. The van der Waals surface area contributed by atoms with E-state index in [4.69, 9.17) is 0 Å². The molecule has 96 heavy (non-hydrogen) atoms. The van der Waals surface area contributed by atoms with Crippen LogP contribution in [-0.2, 0) is 39.8 Å². The summed E-state index contributed by atoms with van der Waals surface area (Å²) in [6, 6.07) is 104. The summed E-state index contributed by atoms with van der Waals surface area (Å²) in [5.41, 5.74) is 28.1. The first-order valence-corrected chi connectivity index (χ1v) is 33.7. The van der Waals surface area contributed by atoms with Crippen LogP contribution in [0, 0.1) is 0 Å². The molecule has 0 unspecified atom stereocenters. The van der Waals surface area contributed by atoms with E-state index in [1.807, 2.05) is 0 Å². The fraction of sp³-hybridized carbons (Fsp3) is 0.0667. The van der Waals surface area contributed by atoms with E-state index in [2.05, 4.69) is 333 Å². The highest BCUT2D eigenvalue weighted by atomic mass is 15.0. The van der Waals surface area contributed by atoms with Crippen molar-refractivity contribution in [3.8, 4) is 45.0 Å². The molecular formula is C90H62N6. The van der Waals surface area contributed by atoms with Gasteiger partial charge in [0.05, 0.1) is 55.5 Å². The number of nitrogens with zero attached hydrogens (tertiary/aromatic N) is 6. The Morgan fingerprint density at radius 3 is 0.896 bits per heavy atom. The molecule has 6 nitrogen and oxygen atoms in total. The van der Waals surface area contributed by atoms with Gasteiger partial charge >= 0.3 is 0 Å². The van der Waals surface area contributed by atoms with Gasteiger partial charge in [0.2, 0.25) is 0 Å². The summed E-state index contributed by atoms with van der Waals surface area (Å²) < 4.78 is 14.1. The van der Waals surface area contributed by atoms with Crippen LogP contribution in [-0.4, -0.2) is 27.4 Å². The molecule has 0 bridgehead atoms. The number of aryl methyl sites for hydroxylation is 6. The normalized spacial score (nSPS) is 12.9. The van der Waals surface area contributed by atoms with Gasteiger partial charge in [-0.1, -0.05) is 146 Å². The Balaban J connectivity index is 0.000000128. The Morgan fingerprint density at radius 2 is 0.521 bits per heavy atom. The molecule has 2 aliphatic carbocycles. The molecule has 0 fully saturated rings. The van der Waals surface area contributed by atoms with Crippen LogP contribution < -0.4 is 0 Å². The molecule has 20 aromatic rings. The lowest BCUT2D eigenvalue weighted by Gasteiger charge is -2.14. The predicted octanol–water partition coefficient (Wildman–Crippen LogP) is 22.6. The van der Waals surface area contributed by atoms with Crippen molar-refractivity contribution in [2.45, 2.75) is 25.7 Å². The van der Waals surface area contributed by atoms with E-state index in [9.17, 15) is 0 Å². The highest BCUT2D eigenvalue weighted by Crippen LogP contribution is 2.45. The highest BCUT2D eigenvalue weighted by molar-refractivity contribution is 6.16. The topological polar surface area (TPSA) is 29.6 Å². The molecule has 0 atom stereocenters. The van der Waals surface area contributed by atoms with Crippen LogP contribution in [0.3, 0.4) is 0 Å². The fourth-order valence-corrected chi connectivity index (χ4v) is 17.4. The second kappa shape index (κ2) is 20.2. The number of benzene rings is 14. The van der Waals surface area contributed by atoms with Crippen molar-refractivity contribution in [3.63, 3.8) is 0 Å². The molecule has 452 valence electrons. The minimum Gasteiger partial charge on any atom is -0.351 e. The lowest BCUT2D eigenvalue weighted by molar-refractivity contribution is 0.969. The Hall–Kier alpha value is -12.1. The summed E-state index contributed by atoms with van der Waals surface area (Å²) in [5.74, 6) is 0. The summed E-state index contributed by atoms with van der Waals surface area (Å²) in [6.07, 6.45) is 8.81. The number of para-hydroxylation sites is 4. The smallest absolute Gasteiger partial charge is 0.0541 e. The van der Waals surface area contributed by atoms with E-state index in [1.165, 1.54) is 198 Å². The number of hydrogen-bond donors (Lipinski definition) is 0. The highest BCUT2D eigenvalue weighted by Gasteiger charge is 2.24. The SMILES string of the molecule is Cn1ccc2cc(-n3c4ccccc4c4cc(-c5ccc6c(c5)c5ccccc5n6-c5ccc6c(ccn6C)c5)ccc43)ccc21.c1cc2c3c(ccc(-n4c5ccccc5c5cc(-c6ccc7c(c6)c6ccccc6n7-c6ccc7c8c(cccc68)CC7)ccc54)c3c1)CC2. The van der Waals surface area contributed by atoms with Gasteiger partial charge in [0.25, 0.3) is 0 Å². The first-order chi connectivity index (χ1) is 47.4. The van der Waals surface area contributed by atoms with Crippen LogP contribution in [0.5, 0.6) is 0 Å². The largest absolute Gasteiger partial charge is 0.351 e. The minimum atomic E-state index is 1.14. The maximum atomic E-state index is 2.49. The molecule has 0 spiro atoms. The quantitative estimate of drug-likeness (QED) is 0.159. The molecule has 14 aromatic carbocycles. The molecular weight excluding hydrogens is 1170 g/mol. The van der Waals surface area contributed by atoms with Gasteiger partial charge < -0.3 is 27.4 Å². The van der Waals surface area contributed by atoms with Crippen molar-refractivity contribution < 1.29 is 0 Å². The van der Waals surface area contributed by atoms with Crippen molar-refractivity contribution in [1.82, 2.24) is 27.4 Å². The van der Waals surface area contributed by atoms with Gasteiger partial charge in [-0.2, -0.15) is 0 Å². The number of hydrogen-bond acceptors (Lipinski definition) is 0. The van der Waals surface area contributed by atoms with Crippen LogP contribution in [0.1, 0.15) is 22.3 Å².